The normalized spacial score (nSPS) is 42.7. The monoisotopic (exact) mass is 629 g/mol. The number of carbonyl (C=O) groups excluding carboxylic acids is 3. The molecule has 2 unspecified atom stereocenters. The van der Waals surface area contributed by atoms with Gasteiger partial charge in [0.25, 0.3) is 0 Å². The van der Waals surface area contributed by atoms with Gasteiger partial charge in [-0.15, -0.1) is 0 Å². The number of ether oxygens (including phenoxy) is 5. The summed E-state index contributed by atoms with van der Waals surface area (Å²) in [5.74, 6) is -4.33. The first-order chi connectivity index (χ1) is 20.3. The summed E-state index contributed by atoms with van der Waals surface area (Å²) < 4.78 is 29.5. The van der Waals surface area contributed by atoms with Crippen molar-refractivity contribution in [2.24, 2.45) is 17.8 Å². The minimum absolute atomic E-state index is 0.0370. The van der Waals surface area contributed by atoms with E-state index in [4.69, 9.17) is 23.7 Å². The number of ketones is 1. The molecule has 2 rings (SSSR count). The lowest BCUT2D eigenvalue weighted by molar-refractivity contribution is -0.301. The molecule has 0 spiro atoms. The van der Waals surface area contributed by atoms with Crippen molar-refractivity contribution in [2.75, 3.05) is 27.8 Å². The van der Waals surface area contributed by atoms with Crippen LogP contribution in [0.5, 0.6) is 0 Å². The molecule has 0 bridgehead atoms. The van der Waals surface area contributed by atoms with E-state index in [1.165, 1.54) is 34.0 Å². The van der Waals surface area contributed by atoms with E-state index in [1.54, 1.807) is 27.7 Å². The van der Waals surface area contributed by atoms with Gasteiger partial charge in [0.15, 0.2) is 12.1 Å². The number of aliphatic hydroxyl groups is 3. The molecule has 3 N–H and O–H groups in total. The molecule has 0 saturated carbocycles. The van der Waals surface area contributed by atoms with Gasteiger partial charge in [-0.25, -0.2) is 0 Å². The van der Waals surface area contributed by atoms with Crippen LogP contribution in [0.1, 0.15) is 74.7 Å². The Kier molecular flexibility index (Phi) is 13.5. The van der Waals surface area contributed by atoms with Crippen molar-refractivity contribution in [3.63, 3.8) is 0 Å². The average Bonchev–Trinajstić information content (AvgIpc) is 2.95. The molecular weight excluding hydrogens is 574 g/mol. The van der Waals surface area contributed by atoms with Crippen LogP contribution in [0.2, 0.25) is 0 Å². The summed E-state index contributed by atoms with van der Waals surface area (Å²) >= 11 is 0. The van der Waals surface area contributed by atoms with Gasteiger partial charge in [-0.3, -0.25) is 14.4 Å². The van der Waals surface area contributed by atoms with Crippen LogP contribution >= 0.6 is 0 Å². The zero-order valence-corrected chi connectivity index (χ0v) is 28.2. The minimum atomic E-state index is -1.79. The van der Waals surface area contributed by atoms with Crippen molar-refractivity contribution in [3.8, 4) is 0 Å². The van der Waals surface area contributed by atoms with Gasteiger partial charge in [-0.05, 0) is 67.1 Å². The SMILES string of the molecule is CC[C@H]1OC(=O)[C@H](C)C(O)[C@H](C)[C@@H](OC2O[C@H](C)C[C@H](N(C)C)[C@H]2O)[C@@](C)(OC)C[C@@H](C)C(=O)/C(COC(C)=O)=C/[C@]1(C)O. The summed E-state index contributed by atoms with van der Waals surface area (Å²) in [5.41, 5.74) is -3.00. The summed E-state index contributed by atoms with van der Waals surface area (Å²) in [4.78, 5) is 40.8. The van der Waals surface area contributed by atoms with Crippen LogP contribution in [0.4, 0.5) is 0 Å². The number of carbonyl (C=O) groups is 3. The van der Waals surface area contributed by atoms with Crippen LogP contribution in [0, 0.1) is 17.8 Å². The molecule has 0 aromatic carbocycles. The van der Waals surface area contributed by atoms with E-state index >= 15 is 0 Å². The smallest absolute Gasteiger partial charge is 0.311 e. The molecule has 2 aliphatic heterocycles. The van der Waals surface area contributed by atoms with Crippen LogP contribution in [0.15, 0.2) is 11.6 Å². The maximum Gasteiger partial charge on any atom is 0.311 e. The van der Waals surface area contributed by atoms with Gasteiger partial charge in [-0.2, -0.15) is 0 Å². The maximum absolute atomic E-state index is 13.9. The fourth-order valence-corrected chi connectivity index (χ4v) is 6.40. The Hall–Kier alpha value is -1.93. The lowest BCUT2D eigenvalue weighted by Gasteiger charge is -2.47. The molecule has 12 atom stereocenters. The Morgan fingerprint density at radius 3 is 2.25 bits per heavy atom. The second-order valence-corrected chi connectivity index (χ2v) is 13.3. The van der Waals surface area contributed by atoms with Gasteiger partial charge >= 0.3 is 11.9 Å². The van der Waals surface area contributed by atoms with Crippen molar-refractivity contribution in [2.45, 2.75) is 129 Å². The lowest BCUT2D eigenvalue weighted by atomic mass is 9.76. The first kappa shape index (κ1) is 38.3. The lowest BCUT2D eigenvalue weighted by Crippen LogP contribution is -2.59. The third kappa shape index (κ3) is 9.08. The van der Waals surface area contributed by atoms with Crippen LogP contribution in [0.25, 0.3) is 0 Å². The Labute approximate surface area is 262 Å². The number of cyclic esters (lactones) is 1. The van der Waals surface area contributed by atoms with Gasteiger partial charge < -0.3 is 43.9 Å². The number of methoxy groups -OCH3 is 1. The van der Waals surface area contributed by atoms with E-state index < -0.39 is 77.4 Å². The molecule has 2 heterocycles. The molecule has 0 amide bonds. The van der Waals surface area contributed by atoms with Crippen molar-refractivity contribution in [1.82, 2.24) is 4.90 Å². The first-order valence-electron chi connectivity index (χ1n) is 15.5. The molecule has 12 nitrogen and oxygen atoms in total. The highest BCUT2D eigenvalue weighted by atomic mass is 16.7. The van der Waals surface area contributed by atoms with Crippen molar-refractivity contribution in [1.29, 1.82) is 0 Å². The number of hydrogen-bond donors (Lipinski definition) is 3. The highest BCUT2D eigenvalue weighted by Gasteiger charge is 2.50. The Bertz CT molecular complexity index is 1030. The maximum atomic E-state index is 13.9. The molecule has 0 radical (unpaired) electrons. The van der Waals surface area contributed by atoms with Crippen molar-refractivity contribution in [3.05, 3.63) is 11.6 Å². The summed E-state index contributed by atoms with van der Waals surface area (Å²) in [6, 6.07) is -0.265. The zero-order chi connectivity index (χ0) is 33.7. The van der Waals surface area contributed by atoms with E-state index in [9.17, 15) is 29.7 Å². The second kappa shape index (κ2) is 15.6. The summed E-state index contributed by atoms with van der Waals surface area (Å²) in [5, 5.41) is 34.2. The molecule has 0 aromatic rings. The van der Waals surface area contributed by atoms with E-state index in [-0.39, 0.29) is 37.2 Å². The number of Topliss-reactive ketones (excluding diaryl/α,β-unsaturated/α-hetero) is 1. The van der Waals surface area contributed by atoms with Crippen LogP contribution < -0.4 is 0 Å². The van der Waals surface area contributed by atoms with Gasteiger partial charge in [0, 0.05) is 37.5 Å². The number of nitrogens with zero attached hydrogens (tertiary/aromatic N) is 1. The predicted octanol–water partition coefficient (Wildman–Crippen LogP) is 2.01. The van der Waals surface area contributed by atoms with Crippen LogP contribution in [0.3, 0.4) is 0 Å². The molecule has 12 heteroatoms. The van der Waals surface area contributed by atoms with Crippen LogP contribution in [-0.4, -0.2) is 120 Å². The van der Waals surface area contributed by atoms with E-state index in [0.29, 0.717) is 6.42 Å². The quantitative estimate of drug-likeness (QED) is 0.352. The second-order valence-electron chi connectivity index (χ2n) is 13.3. The largest absolute Gasteiger partial charge is 0.461 e. The van der Waals surface area contributed by atoms with E-state index in [2.05, 4.69) is 0 Å². The molecule has 44 heavy (non-hydrogen) atoms. The molecule has 0 aromatic heterocycles. The Morgan fingerprint density at radius 2 is 1.73 bits per heavy atom. The van der Waals surface area contributed by atoms with Crippen LogP contribution in [-0.2, 0) is 38.1 Å². The van der Waals surface area contributed by atoms with Gasteiger partial charge in [-0.1, -0.05) is 20.8 Å². The van der Waals surface area contributed by atoms with Crippen molar-refractivity contribution < 1.29 is 53.4 Å². The number of likely N-dealkylation sites (N-methyl/N-ethyl adjacent to an activating group) is 1. The first-order valence-corrected chi connectivity index (χ1v) is 15.5. The molecule has 1 fully saturated rings. The van der Waals surface area contributed by atoms with Gasteiger partial charge in [0.05, 0.1) is 29.8 Å². The third-order valence-corrected chi connectivity index (χ3v) is 9.18. The summed E-state index contributed by atoms with van der Waals surface area (Å²) in [6.45, 7) is 12.5. The highest BCUT2D eigenvalue weighted by Crippen LogP contribution is 2.38. The molecule has 254 valence electrons. The predicted molar refractivity (Wildman–Crippen MR) is 161 cm³/mol. The highest BCUT2D eigenvalue weighted by molar-refractivity contribution is 5.97. The fraction of sp³-hybridized carbons (Fsp3) is 0.844. The van der Waals surface area contributed by atoms with E-state index in [0.717, 1.165) is 0 Å². The molecule has 1 saturated heterocycles. The van der Waals surface area contributed by atoms with Gasteiger partial charge in [0.2, 0.25) is 0 Å². The van der Waals surface area contributed by atoms with Gasteiger partial charge in [0.1, 0.15) is 24.4 Å². The number of aliphatic hydroxyl groups excluding tert-OH is 2. The zero-order valence-electron chi connectivity index (χ0n) is 28.2. The Balaban J connectivity index is 2.68. The number of rotatable bonds is 7. The number of hydrogen-bond acceptors (Lipinski definition) is 12. The standard InChI is InChI=1S/C32H55NO11/c1-12-24-31(7,39)15-22(16-41-21(6)34)25(35)17(2)14-32(8,40-11)28(19(4)26(36)20(5)29(38)43-24)44-30-27(37)23(33(9)10)13-18(3)42-30/h15,17-20,23-24,26-28,30,36-37,39H,12-14,16H2,1-11H3/b22-15+/t17-,18-,19+,20-,23+,24-,26?,27-,28-,30?,31+,32+/m1/s1. The minimum Gasteiger partial charge on any atom is -0.461 e. The Morgan fingerprint density at radius 1 is 1.11 bits per heavy atom. The number of esters is 2. The summed E-state index contributed by atoms with van der Waals surface area (Å²) in [6.07, 6.45) is -3.58. The topological polar surface area (TPSA) is 161 Å². The molecular formula is C32H55NO11. The molecule has 2 aliphatic rings. The summed E-state index contributed by atoms with van der Waals surface area (Å²) in [7, 11) is 5.18. The third-order valence-electron chi connectivity index (χ3n) is 9.18. The van der Waals surface area contributed by atoms with E-state index in [1.807, 2.05) is 25.9 Å². The average molecular weight is 630 g/mol. The fourth-order valence-electron chi connectivity index (χ4n) is 6.40. The van der Waals surface area contributed by atoms with Crippen molar-refractivity contribution >= 4 is 17.7 Å². The molecule has 0 aliphatic carbocycles.